The van der Waals surface area contributed by atoms with Gasteiger partial charge in [0.15, 0.2) is 0 Å². The SMILES string of the molecule is O=C(Nc1cc(C(F)(F)F)c[nH]c1=O)C1CN(Cc2nc3ccccc3c(=O)[nH]2)CCO1. The molecule has 12 heteroatoms. The number of aromatic amines is 2. The molecule has 32 heavy (non-hydrogen) atoms. The fraction of sp³-hybridized carbons (Fsp3) is 0.300. The van der Waals surface area contributed by atoms with E-state index in [2.05, 4.69) is 15.3 Å². The van der Waals surface area contributed by atoms with E-state index in [0.717, 1.165) is 0 Å². The van der Waals surface area contributed by atoms with Gasteiger partial charge in [0.1, 0.15) is 17.6 Å². The van der Waals surface area contributed by atoms with E-state index < -0.39 is 35.0 Å². The van der Waals surface area contributed by atoms with E-state index in [-0.39, 0.29) is 25.3 Å². The molecule has 0 saturated carbocycles. The maximum atomic E-state index is 12.9. The molecule has 9 nitrogen and oxygen atoms in total. The van der Waals surface area contributed by atoms with Crippen molar-refractivity contribution in [1.82, 2.24) is 19.9 Å². The summed E-state index contributed by atoms with van der Waals surface area (Å²) in [5.41, 5.74) is -2.22. The van der Waals surface area contributed by atoms with Gasteiger partial charge in [-0.3, -0.25) is 19.3 Å². The lowest BCUT2D eigenvalue weighted by Gasteiger charge is -2.31. The number of morpholine rings is 1. The van der Waals surface area contributed by atoms with Gasteiger partial charge in [0.25, 0.3) is 17.0 Å². The predicted octanol–water partition coefficient (Wildman–Crippen LogP) is 1.47. The molecule has 3 aromatic rings. The van der Waals surface area contributed by atoms with Crippen LogP contribution in [0.1, 0.15) is 11.4 Å². The molecule has 0 aliphatic carbocycles. The number of para-hydroxylation sites is 1. The largest absolute Gasteiger partial charge is 0.417 e. The van der Waals surface area contributed by atoms with Gasteiger partial charge in [0.05, 0.1) is 29.6 Å². The first-order chi connectivity index (χ1) is 15.2. The van der Waals surface area contributed by atoms with E-state index in [1.54, 1.807) is 24.3 Å². The van der Waals surface area contributed by atoms with Gasteiger partial charge < -0.3 is 20.0 Å². The summed E-state index contributed by atoms with van der Waals surface area (Å²) in [5, 5.41) is 2.66. The molecule has 1 amide bonds. The Morgan fingerprint density at radius 3 is 2.81 bits per heavy atom. The van der Waals surface area contributed by atoms with Crippen LogP contribution in [-0.4, -0.2) is 51.6 Å². The molecule has 1 aromatic carbocycles. The van der Waals surface area contributed by atoms with Crippen molar-refractivity contribution in [2.75, 3.05) is 25.0 Å². The zero-order valence-electron chi connectivity index (χ0n) is 16.5. The highest BCUT2D eigenvalue weighted by Crippen LogP contribution is 2.29. The molecule has 1 aliphatic rings. The van der Waals surface area contributed by atoms with Gasteiger partial charge in [-0.05, 0) is 18.2 Å². The molecule has 2 aromatic heterocycles. The zero-order valence-corrected chi connectivity index (χ0v) is 16.5. The van der Waals surface area contributed by atoms with Crippen molar-refractivity contribution in [1.29, 1.82) is 0 Å². The topological polar surface area (TPSA) is 120 Å². The molecule has 1 atom stereocenters. The number of carbonyl (C=O) groups is 1. The average Bonchev–Trinajstić information content (AvgIpc) is 2.74. The van der Waals surface area contributed by atoms with Crippen LogP contribution in [0.2, 0.25) is 0 Å². The predicted molar refractivity (Wildman–Crippen MR) is 108 cm³/mol. The summed E-state index contributed by atoms with van der Waals surface area (Å²) in [6, 6.07) is 7.45. The molecule has 168 valence electrons. The molecule has 3 N–H and O–H groups in total. The Bertz CT molecular complexity index is 1270. The standard InChI is InChI=1S/C20H18F3N5O4/c21-20(22,23)11-7-14(18(30)24-8-11)26-19(31)15-9-28(5-6-32-15)10-16-25-13-4-2-1-3-12(13)17(29)27-16/h1-4,7-8,15H,5-6,9-10H2,(H,24,30)(H,26,31)(H,25,27,29). The molecular formula is C20H18F3N5O4. The Balaban J connectivity index is 1.46. The number of H-pyrrole nitrogens is 2. The van der Waals surface area contributed by atoms with Crippen LogP contribution in [0.4, 0.5) is 18.9 Å². The van der Waals surface area contributed by atoms with Crippen molar-refractivity contribution in [3.05, 3.63) is 68.6 Å². The zero-order chi connectivity index (χ0) is 22.9. The number of halogens is 3. The van der Waals surface area contributed by atoms with Crippen molar-refractivity contribution in [2.45, 2.75) is 18.8 Å². The number of carbonyl (C=O) groups excluding carboxylic acids is 1. The number of hydrogen-bond acceptors (Lipinski definition) is 6. The van der Waals surface area contributed by atoms with Crippen LogP contribution in [-0.2, 0) is 22.3 Å². The van der Waals surface area contributed by atoms with E-state index in [9.17, 15) is 27.6 Å². The summed E-state index contributed by atoms with van der Waals surface area (Å²) in [5.74, 6) is -0.344. The number of fused-ring (bicyclic) bond motifs is 1. The molecule has 1 fully saturated rings. The Labute approximate surface area is 178 Å². The van der Waals surface area contributed by atoms with Crippen molar-refractivity contribution < 1.29 is 22.7 Å². The van der Waals surface area contributed by atoms with E-state index in [4.69, 9.17) is 4.74 Å². The Morgan fingerprint density at radius 2 is 2.03 bits per heavy atom. The summed E-state index contributed by atoms with van der Waals surface area (Å²) in [4.78, 5) is 47.5. The molecule has 0 radical (unpaired) electrons. The minimum atomic E-state index is -4.68. The highest BCUT2D eigenvalue weighted by Gasteiger charge is 2.32. The molecule has 1 saturated heterocycles. The molecule has 3 heterocycles. The van der Waals surface area contributed by atoms with E-state index in [1.807, 2.05) is 9.88 Å². The first-order valence-electron chi connectivity index (χ1n) is 9.63. The third-order valence-electron chi connectivity index (χ3n) is 4.97. The molecule has 0 spiro atoms. The van der Waals surface area contributed by atoms with Crippen molar-refractivity contribution in [3.63, 3.8) is 0 Å². The third kappa shape index (κ3) is 4.70. The van der Waals surface area contributed by atoms with Crippen LogP contribution < -0.4 is 16.4 Å². The van der Waals surface area contributed by atoms with Gasteiger partial charge in [0.2, 0.25) is 0 Å². The first kappa shape index (κ1) is 21.7. The quantitative estimate of drug-likeness (QED) is 0.555. The number of nitrogens with one attached hydrogen (secondary N) is 3. The van der Waals surface area contributed by atoms with Crippen LogP contribution in [0.5, 0.6) is 0 Å². The van der Waals surface area contributed by atoms with Crippen LogP contribution in [0, 0.1) is 0 Å². The second kappa shape index (κ2) is 8.55. The Kier molecular flexibility index (Phi) is 5.80. The van der Waals surface area contributed by atoms with Gasteiger partial charge in [0, 0.05) is 19.3 Å². The van der Waals surface area contributed by atoms with Crippen LogP contribution >= 0.6 is 0 Å². The highest BCUT2D eigenvalue weighted by atomic mass is 19.4. The third-order valence-corrected chi connectivity index (χ3v) is 4.97. The lowest BCUT2D eigenvalue weighted by molar-refractivity contribution is -0.138. The molecular weight excluding hydrogens is 431 g/mol. The van der Waals surface area contributed by atoms with Crippen LogP contribution in [0.15, 0.2) is 46.1 Å². The van der Waals surface area contributed by atoms with Gasteiger partial charge in [-0.2, -0.15) is 13.2 Å². The monoisotopic (exact) mass is 449 g/mol. The second-order valence-corrected chi connectivity index (χ2v) is 7.24. The minimum absolute atomic E-state index is 0.0965. The molecule has 1 unspecified atom stereocenters. The van der Waals surface area contributed by atoms with Crippen molar-refractivity contribution in [3.8, 4) is 0 Å². The maximum absolute atomic E-state index is 12.9. The Hall–Kier alpha value is -3.51. The number of pyridine rings is 1. The van der Waals surface area contributed by atoms with Crippen molar-refractivity contribution >= 4 is 22.5 Å². The fourth-order valence-electron chi connectivity index (χ4n) is 3.38. The normalized spacial score (nSPS) is 17.4. The minimum Gasteiger partial charge on any atom is -0.366 e. The number of nitrogens with zero attached hydrogens (tertiary/aromatic N) is 2. The summed E-state index contributed by atoms with van der Waals surface area (Å²) in [7, 11) is 0. The molecule has 0 bridgehead atoms. The van der Waals surface area contributed by atoms with Crippen molar-refractivity contribution in [2.24, 2.45) is 0 Å². The van der Waals surface area contributed by atoms with Gasteiger partial charge >= 0.3 is 6.18 Å². The Morgan fingerprint density at radius 1 is 1.25 bits per heavy atom. The van der Waals surface area contributed by atoms with E-state index in [1.165, 1.54) is 0 Å². The number of amides is 1. The summed E-state index contributed by atoms with van der Waals surface area (Å²) in [6.45, 7) is 0.954. The number of hydrogen-bond donors (Lipinski definition) is 3. The highest BCUT2D eigenvalue weighted by molar-refractivity contribution is 5.94. The average molecular weight is 449 g/mol. The van der Waals surface area contributed by atoms with E-state index in [0.29, 0.717) is 35.5 Å². The van der Waals surface area contributed by atoms with Crippen LogP contribution in [0.25, 0.3) is 10.9 Å². The summed E-state index contributed by atoms with van der Waals surface area (Å²) < 4.78 is 44.1. The summed E-state index contributed by atoms with van der Waals surface area (Å²) in [6.07, 6.45) is -5.16. The number of aromatic nitrogens is 3. The summed E-state index contributed by atoms with van der Waals surface area (Å²) >= 11 is 0. The first-order valence-corrected chi connectivity index (χ1v) is 9.63. The van der Waals surface area contributed by atoms with Gasteiger partial charge in [-0.15, -0.1) is 0 Å². The van der Waals surface area contributed by atoms with Crippen LogP contribution in [0.3, 0.4) is 0 Å². The van der Waals surface area contributed by atoms with E-state index >= 15 is 0 Å². The lowest BCUT2D eigenvalue weighted by atomic mass is 10.2. The maximum Gasteiger partial charge on any atom is 0.417 e. The number of ether oxygens (including phenoxy) is 1. The number of rotatable bonds is 4. The second-order valence-electron chi connectivity index (χ2n) is 7.24. The van der Waals surface area contributed by atoms with Gasteiger partial charge in [-0.25, -0.2) is 4.98 Å². The van der Waals surface area contributed by atoms with Gasteiger partial charge in [-0.1, -0.05) is 12.1 Å². The molecule has 1 aliphatic heterocycles. The molecule has 4 rings (SSSR count). The smallest absolute Gasteiger partial charge is 0.366 e. The number of anilines is 1. The lowest BCUT2D eigenvalue weighted by Crippen LogP contribution is -2.48. The number of benzene rings is 1. The number of alkyl halides is 3. The fourth-order valence-corrected chi connectivity index (χ4v) is 3.38.